The number of piperidine rings is 1. The molecule has 0 amide bonds. The van der Waals surface area contributed by atoms with Crippen molar-refractivity contribution in [1.29, 1.82) is 0 Å². The van der Waals surface area contributed by atoms with Crippen molar-refractivity contribution in [3.63, 3.8) is 0 Å². The predicted molar refractivity (Wildman–Crippen MR) is 99.5 cm³/mol. The van der Waals surface area contributed by atoms with Crippen LogP contribution in [0.5, 0.6) is 0 Å². The highest BCUT2D eigenvalue weighted by Crippen LogP contribution is 2.18. The van der Waals surface area contributed by atoms with Crippen LogP contribution in [-0.2, 0) is 6.54 Å². The minimum absolute atomic E-state index is 0. The third-order valence-electron chi connectivity index (χ3n) is 3.80. The van der Waals surface area contributed by atoms with Gasteiger partial charge in [-0.1, -0.05) is 36.4 Å². The van der Waals surface area contributed by atoms with Crippen LogP contribution < -0.4 is 11.1 Å². The normalized spacial score (nSPS) is 19.3. The van der Waals surface area contributed by atoms with Crippen molar-refractivity contribution >= 4 is 22.9 Å². The van der Waals surface area contributed by atoms with E-state index in [0.717, 1.165) is 19.6 Å². The average Bonchev–Trinajstić information content (AvgIpc) is 2.52. The quantitative estimate of drug-likeness (QED) is 0.462. The number of benzene rings is 1. The molecule has 0 radical (unpaired) electrons. The summed E-state index contributed by atoms with van der Waals surface area (Å²) in [5, 5.41) is 3.02. The molecule has 5 heteroatoms. The van der Waals surface area contributed by atoms with E-state index in [9.17, 15) is 0 Å². The number of hydrogen-bond donors (Lipinski definition) is 2. The number of hydrogen-bond acceptors (Lipinski definition) is 2. The molecule has 1 saturated heterocycles. The van der Waals surface area contributed by atoms with Gasteiger partial charge in [0.25, 0.3) is 0 Å². The second-order valence-electron chi connectivity index (χ2n) is 5.62. The topological polar surface area (TPSA) is 53.6 Å². The first kappa shape index (κ1) is 18.7. The zero-order valence-corrected chi connectivity index (χ0v) is 14.8. The standard InChI is InChI=1S/C17H26N4.BrH/c1-2-10-19-17(18)20-12-16-9-6-11-21(14-16)13-15-7-4-3-5-8-15;/h2-5,7-8,16H,1,6,9-14H2,(H3,18,19,20);1H. The lowest BCUT2D eigenvalue weighted by Gasteiger charge is -2.32. The summed E-state index contributed by atoms with van der Waals surface area (Å²) in [5.41, 5.74) is 7.20. The Morgan fingerprint density at radius 1 is 1.41 bits per heavy atom. The van der Waals surface area contributed by atoms with Gasteiger partial charge < -0.3 is 11.1 Å². The predicted octanol–water partition coefficient (Wildman–Crippen LogP) is 2.57. The molecule has 0 bridgehead atoms. The highest BCUT2D eigenvalue weighted by atomic mass is 79.9. The zero-order valence-electron chi connectivity index (χ0n) is 13.1. The van der Waals surface area contributed by atoms with Crippen LogP contribution >= 0.6 is 17.0 Å². The monoisotopic (exact) mass is 366 g/mol. The van der Waals surface area contributed by atoms with Crippen molar-refractivity contribution in [3.8, 4) is 0 Å². The van der Waals surface area contributed by atoms with E-state index in [1.54, 1.807) is 6.08 Å². The Morgan fingerprint density at radius 2 is 2.18 bits per heavy atom. The minimum Gasteiger partial charge on any atom is -0.370 e. The second-order valence-corrected chi connectivity index (χ2v) is 5.62. The van der Waals surface area contributed by atoms with Crippen molar-refractivity contribution in [2.24, 2.45) is 16.6 Å². The van der Waals surface area contributed by atoms with Gasteiger partial charge in [-0.2, -0.15) is 0 Å². The summed E-state index contributed by atoms with van der Waals surface area (Å²) in [6.07, 6.45) is 4.27. The Balaban J connectivity index is 0.00000242. The molecule has 1 aliphatic rings. The molecule has 0 aromatic heterocycles. The fourth-order valence-corrected chi connectivity index (χ4v) is 2.75. The van der Waals surface area contributed by atoms with Crippen LogP contribution in [0.3, 0.4) is 0 Å². The van der Waals surface area contributed by atoms with Crippen LogP contribution in [0.2, 0.25) is 0 Å². The van der Waals surface area contributed by atoms with Crippen LogP contribution in [-0.4, -0.2) is 37.0 Å². The Hall–Kier alpha value is -1.33. The molecule has 122 valence electrons. The third kappa shape index (κ3) is 6.62. The van der Waals surface area contributed by atoms with Gasteiger partial charge in [-0.15, -0.1) is 23.6 Å². The van der Waals surface area contributed by atoms with Gasteiger partial charge in [-0.3, -0.25) is 9.89 Å². The number of halogens is 1. The van der Waals surface area contributed by atoms with Crippen LogP contribution in [0.15, 0.2) is 48.0 Å². The van der Waals surface area contributed by atoms with E-state index in [-0.39, 0.29) is 17.0 Å². The van der Waals surface area contributed by atoms with Crippen molar-refractivity contribution in [2.75, 3.05) is 26.2 Å². The van der Waals surface area contributed by atoms with Crippen LogP contribution in [0.4, 0.5) is 0 Å². The van der Waals surface area contributed by atoms with E-state index in [1.165, 1.54) is 24.9 Å². The largest absolute Gasteiger partial charge is 0.370 e. The van der Waals surface area contributed by atoms with Gasteiger partial charge in [0.2, 0.25) is 0 Å². The van der Waals surface area contributed by atoms with Crippen LogP contribution in [0, 0.1) is 5.92 Å². The Bertz CT molecular complexity index is 461. The van der Waals surface area contributed by atoms with E-state index < -0.39 is 0 Å². The highest BCUT2D eigenvalue weighted by Gasteiger charge is 2.19. The molecule has 1 unspecified atom stereocenters. The summed E-state index contributed by atoms with van der Waals surface area (Å²) in [5.74, 6) is 1.13. The Morgan fingerprint density at radius 3 is 2.91 bits per heavy atom. The number of likely N-dealkylation sites (tertiary alicyclic amines) is 1. The molecular formula is C17H27BrN4. The third-order valence-corrected chi connectivity index (χ3v) is 3.80. The van der Waals surface area contributed by atoms with Crippen LogP contribution in [0.1, 0.15) is 18.4 Å². The first-order chi connectivity index (χ1) is 10.3. The van der Waals surface area contributed by atoms with E-state index >= 15 is 0 Å². The maximum absolute atomic E-state index is 5.81. The molecule has 1 heterocycles. The Kier molecular flexibility index (Phi) is 8.85. The lowest BCUT2D eigenvalue weighted by atomic mass is 9.98. The number of nitrogens with one attached hydrogen (secondary N) is 1. The van der Waals surface area contributed by atoms with E-state index in [0.29, 0.717) is 18.4 Å². The summed E-state index contributed by atoms with van der Waals surface area (Å²) in [7, 11) is 0. The molecule has 1 aliphatic heterocycles. The van der Waals surface area contributed by atoms with Crippen molar-refractivity contribution in [2.45, 2.75) is 19.4 Å². The number of guanidine groups is 1. The Labute approximate surface area is 144 Å². The SMILES string of the molecule is Br.C=CCNC(N)=NCC1CCCN(Cc2ccccc2)C1. The molecule has 0 spiro atoms. The molecule has 22 heavy (non-hydrogen) atoms. The van der Waals surface area contributed by atoms with Gasteiger partial charge in [0, 0.05) is 26.2 Å². The van der Waals surface area contributed by atoms with Gasteiger partial charge in [-0.25, -0.2) is 0 Å². The lowest BCUT2D eigenvalue weighted by Crippen LogP contribution is -2.37. The molecule has 0 saturated carbocycles. The minimum atomic E-state index is 0. The highest BCUT2D eigenvalue weighted by molar-refractivity contribution is 8.93. The van der Waals surface area contributed by atoms with Crippen molar-refractivity contribution < 1.29 is 0 Å². The molecule has 4 nitrogen and oxygen atoms in total. The summed E-state index contributed by atoms with van der Waals surface area (Å²) in [6.45, 7) is 8.44. The first-order valence-electron chi connectivity index (χ1n) is 7.69. The molecule has 2 rings (SSSR count). The molecule has 1 aromatic carbocycles. The number of aliphatic imine (C=N–C) groups is 1. The van der Waals surface area contributed by atoms with Gasteiger partial charge in [-0.05, 0) is 30.9 Å². The van der Waals surface area contributed by atoms with Crippen molar-refractivity contribution in [1.82, 2.24) is 10.2 Å². The van der Waals surface area contributed by atoms with Crippen LogP contribution in [0.25, 0.3) is 0 Å². The van der Waals surface area contributed by atoms with Gasteiger partial charge in [0.05, 0.1) is 0 Å². The zero-order chi connectivity index (χ0) is 14.9. The van der Waals surface area contributed by atoms with Gasteiger partial charge >= 0.3 is 0 Å². The fourth-order valence-electron chi connectivity index (χ4n) is 2.75. The lowest BCUT2D eigenvalue weighted by molar-refractivity contribution is 0.171. The number of nitrogens with two attached hydrogens (primary N) is 1. The first-order valence-corrected chi connectivity index (χ1v) is 7.69. The summed E-state index contributed by atoms with van der Waals surface area (Å²) < 4.78 is 0. The molecule has 1 fully saturated rings. The smallest absolute Gasteiger partial charge is 0.188 e. The fraction of sp³-hybridized carbons (Fsp3) is 0.471. The molecular weight excluding hydrogens is 340 g/mol. The maximum atomic E-state index is 5.81. The number of nitrogens with zero attached hydrogens (tertiary/aromatic N) is 2. The molecule has 3 N–H and O–H groups in total. The van der Waals surface area contributed by atoms with Crippen molar-refractivity contribution in [3.05, 3.63) is 48.6 Å². The molecule has 1 atom stereocenters. The van der Waals surface area contributed by atoms with Gasteiger partial charge in [0.15, 0.2) is 5.96 Å². The second kappa shape index (κ2) is 10.4. The maximum Gasteiger partial charge on any atom is 0.188 e. The summed E-state index contributed by atoms with van der Waals surface area (Å²) in [6, 6.07) is 10.7. The molecule has 1 aromatic rings. The van der Waals surface area contributed by atoms with Gasteiger partial charge in [0.1, 0.15) is 0 Å². The summed E-state index contributed by atoms with van der Waals surface area (Å²) >= 11 is 0. The average molecular weight is 367 g/mol. The number of rotatable bonds is 6. The van der Waals surface area contributed by atoms with E-state index in [4.69, 9.17) is 5.73 Å². The molecule has 0 aliphatic carbocycles. The van der Waals surface area contributed by atoms with E-state index in [1.807, 2.05) is 0 Å². The van der Waals surface area contributed by atoms with E-state index in [2.05, 4.69) is 52.1 Å². The summed E-state index contributed by atoms with van der Waals surface area (Å²) in [4.78, 5) is 6.96.